The van der Waals surface area contributed by atoms with Gasteiger partial charge in [-0.15, -0.1) is 0 Å². The standard InChI is InChI=1S/C16H23N5O/c1-19-9-12-10(6-4-7-13(12)17)16(22)21-15(18)11-5-2-3-8-14(11)20-21/h9-10,17,19H,2-8,18H2,1H3/b12-9-,17-13?. The van der Waals surface area contributed by atoms with Crippen LogP contribution in [0.4, 0.5) is 5.82 Å². The van der Waals surface area contributed by atoms with E-state index in [1.54, 1.807) is 13.2 Å². The molecule has 1 unspecified atom stereocenters. The first kappa shape index (κ1) is 14.8. The quantitative estimate of drug-likeness (QED) is 0.777. The van der Waals surface area contributed by atoms with Gasteiger partial charge in [0.2, 0.25) is 0 Å². The number of anilines is 1. The van der Waals surface area contributed by atoms with E-state index in [2.05, 4.69) is 10.4 Å². The number of carbonyl (C=O) groups excluding carboxylic acids is 1. The fourth-order valence-corrected chi connectivity index (χ4v) is 3.49. The first-order chi connectivity index (χ1) is 10.6. The maximum atomic E-state index is 12.9. The van der Waals surface area contributed by atoms with Crippen molar-refractivity contribution < 1.29 is 4.79 Å². The van der Waals surface area contributed by atoms with E-state index in [9.17, 15) is 4.79 Å². The zero-order valence-corrected chi connectivity index (χ0v) is 13.0. The summed E-state index contributed by atoms with van der Waals surface area (Å²) in [5.74, 6) is 0.0795. The first-order valence-corrected chi connectivity index (χ1v) is 7.99. The van der Waals surface area contributed by atoms with Crippen molar-refractivity contribution in [1.29, 1.82) is 5.41 Å². The highest BCUT2D eigenvalue weighted by Gasteiger charge is 2.33. The minimum absolute atomic E-state index is 0.0992. The second kappa shape index (κ2) is 5.94. The Balaban J connectivity index is 1.94. The molecule has 0 bridgehead atoms. The number of allylic oxidation sites excluding steroid dienone is 1. The van der Waals surface area contributed by atoms with Gasteiger partial charge in [-0.05, 0) is 44.9 Å². The lowest BCUT2D eigenvalue weighted by molar-refractivity contribution is 0.0834. The van der Waals surface area contributed by atoms with Crippen molar-refractivity contribution in [2.24, 2.45) is 5.92 Å². The summed E-state index contributed by atoms with van der Waals surface area (Å²) >= 11 is 0. The maximum absolute atomic E-state index is 12.9. The van der Waals surface area contributed by atoms with Crippen LogP contribution >= 0.6 is 0 Å². The number of hydrogen-bond donors (Lipinski definition) is 3. The summed E-state index contributed by atoms with van der Waals surface area (Å²) in [6, 6.07) is 0. The molecular formula is C16H23N5O. The Labute approximate surface area is 130 Å². The largest absolute Gasteiger partial charge is 0.394 e. The van der Waals surface area contributed by atoms with Gasteiger partial charge in [0, 0.05) is 30.1 Å². The molecule has 0 amide bonds. The first-order valence-electron chi connectivity index (χ1n) is 7.99. The molecule has 2 aliphatic carbocycles. The second-order valence-electron chi connectivity index (χ2n) is 6.08. The lowest BCUT2D eigenvalue weighted by atomic mass is 9.82. The van der Waals surface area contributed by atoms with E-state index in [1.807, 2.05) is 0 Å². The molecule has 1 fully saturated rings. The van der Waals surface area contributed by atoms with Crippen LogP contribution in [0.5, 0.6) is 0 Å². The van der Waals surface area contributed by atoms with Gasteiger partial charge in [0.25, 0.3) is 5.91 Å². The molecule has 2 aliphatic rings. The molecule has 1 aromatic heterocycles. The van der Waals surface area contributed by atoms with Gasteiger partial charge in [-0.2, -0.15) is 9.78 Å². The Morgan fingerprint density at radius 1 is 1.36 bits per heavy atom. The number of nitrogens with one attached hydrogen (secondary N) is 2. The number of nitrogens with two attached hydrogens (primary N) is 1. The predicted octanol–water partition coefficient (Wildman–Crippen LogP) is 1.91. The fourth-order valence-electron chi connectivity index (χ4n) is 3.49. The molecule has 1 heterocycles. The molecule has 1 atom stereocenters. The van der Waals surface area contributed by atoms with E-state index >= 15 is 0 Å². The zero-order chi connectivity index (χ0) is 15.7. The Kier molecular flexibility index (Phi) is 4.00. The Bertz CT molecular complexity index is 643. The van der Waals surface area contributed by atoms with E-state index in [4.69, 9.17) is 11.1 Å². The van der Waals surface area contributed by atoms with Crippen LogP contribution in [0.2, 0.25) is 0 Å². The van der Waals surface area contributed by atoms with Crippen LogP contribution in [0.1, 0.15) is 48.2 Å². The average molecular weight is 301 g/mol. The minimum atomic E-state index is -0.322. The molecule has 0 aliphatic heterocycles. The van der Waals surface area contributed by atoms with Gasteiger partial charge in [-0.1, -0.05) is 0 Å². The third-order valence-electron chi connectivity index (χ3n) is 4.65. The Morgan fingerprint density at radius 2 is 2.14 bits per heavy atom. The van der Waals surface area contributed by atoms with E-state index in [-0.39, 0.29) is 11.8 Å². The second-order valence-corrected chi connectivity index (χ2v) is 6.08. The normalized spacial score (nSPS) is 23.4. The summed E-state index contributed by atoms with van der Waals surface area (Å²) in [5.41, 5.74) is 9.50. The molecule has 6 heteroatoms. The van der Waals surface area contributed by atoms with Crippen LogP contribution < -0.4 is 11.1 Å². The van der Waals surface area contributed by atoms with Gasteiger partial charge in [0.05, 0.1) is 11.6 Å². The van der Waals surface area contributed by atoms with E-state index < -0.39 is 0 Å². The van der Waals surface area contributed by atoms with Gasteiger partial charge >= 0.3 is 0 Å². The minimum Gasteiger partial charge on any atom is -0.394 e. The van der Waals surface area contributed by atoms with Crippen LogP contribution in [-0.4, -0.2) is 28.4 Å². The molecule has 1 saturated carbocycles. The number of fused-ring (bicyclic) bond motifs is 1. The van der Waals surface area contributed by atoms with Crippen LogP contribution in [0.15, 0.2) is 11.8 Å². The van der Waals surface area contributed by atoms with Crippen LogP contribution in [0.3, 0.4) is 0 Å². The van der Waals surface area contributed by atoms with Crippen LogP contribution in [0.25, 0.3) is 0 Å². The molecule has 6 nitrogen and oxygen atoms in total. The summed E-state index contributed by atoms with van der Waals surface area (Å²) in [5, 5.41) is 15.5. The number of nitrogens with zero attached hydrogens (tertiary/aromatic N) is 2. The number of hydrogen-bond acceptors (Lipinski definition) is 5. The van der Waals surface area contributed by atoms with Crippen LogP contribution in [0, 0.1) is 11.3 Å². The third kappa shape index (κ3) is 2.42. The monoisotopic (exact) mass is 301 g/mol. The summed E-state index contributed by atoms with van der Waals surface area (Å²) in [6.45, 7) is 0. The maximum Gasteiger partial charge on any atom is 0.256 e. The van der Waals surface area contributed by atoms with Crippen molar-refractivity contribution in [3.63, 3.8) is 0 Å². The number of rotatable bonds is 2. The topological polar surface area (TPSA) is 96.8 Å². The van der Waals surface area contributed by atoms with E-state index in [1.165, 1.54) is 4.68 Å². The van der Waals surface area contributed by atoms with Crippen LogP contribution in [-0.2, 0) is 12.8 Å². The highest BCUT2D eigenvalue weighted by Crippen LogP contribution is 2.31. The lowest BCUT2D eigenvalue weighted by Gasteiger charge is -2.25. The van der Waals surface area contributed by atoms with E-state index in [0.29, 0.717) is 11.5 Å². The van der Waals surface area contributed by atoms with Crippen molar-refractivity contribution in [1.82, 2.24) is 15.1 Å². The molecule has 0 radical (unpaired) electrons. The lowest BCUT2D eigenvalue weighted by Crippen LogP contribution is -2.32. The van der Waals surface area contributed by atoms with Crippen molar-refractivity contribution >= 4 is 17.4 Å². The summed E-state index contributed by atoms with van der Waals surface area (Å²) in [6.07, 6.45) is 8.13. The average Bonchev–Trinajstić information content (AvgIpc) is 2.86. The molecule has 1 aromatic rings. The highest BCUT2D eigenvalue weighted by molar-refractivity contribution is 6.04. The number of aromatic nitrogens is 2. The Hall–Kier alpha value is -2.11. The summed E-state index contributed by atoms with van der Waals surface area (Å²) < 4.78 is 1.39. The predicted molar refractivity (Wildman–Crippen MR) is 86.1 cm³/mol. The van der Waals surface area contributed by atoms with E-state index in [0.717, 1.165) is 61.8 Å². The van der Waals surface area contributed by atoms with Gasteiger partial charge < -0.3 is 16.5 Å². The smallest absolute Gasteiger partial charge is 0.256 e. The number of aryl methyl sites for hydroxylation is 1. The molecule has 0 spiro atoms. The highest BCUT2D eigenvalue weighted by atomic mass is 16.2. The van der Waals surface area contributed by atoms with Gasteiger partial charge in [-0.25, -0.2) is 0 Å². The van der Waals surface area contributed by atoms with Crippen molar-refractivity contribution in [2.45, 2.75) is 44.9 Å². The molecule has 118 valence electrons. The number of carbonyl (C=O) groups is 1. The van der Waals surface area contributed by atoms with Crippen molar-refractivity contribution in [3.8, 4) is 0 Å². The molecular weight excluding hydrogens is 278 g/mol. The van der Waals surface area contributed by atoms with Gasteiger partial charge in [0.1, 0.15) is 5.82 Å². The molecule has 22 heavy (non-hydrogen) atoms. The van der Waals surface area contributed by atoms with Gasteiger partial charge in [0.15, 0.2) is 0 Å². The fraction of sp³-hybridized carbons (Fsp3) is 0.562. The molecule has 0 aromatic carbocycles. The third-order valence-corrected chi connectivity index (χ3v) is 4.65. The van der Waals surface area contributed by atoms with Gasteiger partial charge in [-0.3, -0.25) is 4.79 Å². The summed E-state index contributed by atoms with van der Waals surface area (Å²) in [4.78, 5) is 12.9. The van der Waals surface area contributed by atoms with Crippen molar-refractivity contribution in [2.75, 3.05) is 12.8 Å². The van der Waals surface area contributed by atoms with Crippen molar-refractivity contribution in [3.05, 3.63) is 23.0 Å². The molecule has 4 N–H and O–H groups in total. The Morgan fingerprint density at radius 3 is 2.86 bits per heavy atom. The summed E-state index contributed by atoms with van der Waals surface area (Å²) in [7, 11) is 1.79. The zero-order valence-electron chi connectivity index (χ0n) is 13.0. The molecule has 3 rings (SSSR count). The SMILES string of the molecule is CN/C=C1\C(=N)CCCC1C(=O)n1nc2c(c1N)CCCC2. The molecule has 0 saturated heterocycles. The number of nitrogen functional groups attached to an aromatic ring is 1.